The van der Waals surface area contributed by atoms with Crippen molar-refractivity contribution in [1.82, 2.24) is 9.78 Å². The molecule has 0 radical (unpaired) electrons. The van der Waals surface area contributed by atoms with Crippen molar-refractivity contribution in [3.63, 3.8) is 0 Å². The summed E-state index contributed by atoms with van der Waals surface area (Å²) < 4.78 is 1.88. The lowest BCUT2D eigenvalue weighted by Crippen LogP contribution is -2.04. The van der Waals surface area contributed by atoms with Gasteiger partial charge in [0.1, 0.15) is 0 Å². The van der Waals surface area contributed by atoms with Crippen LogP contribution in [0.5, 0.6) is 0 Å². The number of hydrogen-bond donors (Lipinski definition) is 1. The molecule has 1 N–H and O–H groups in total. The number of aromatic nitrogens is 2. The number of rotatable bonds is 3. The molecule has 1 aromatic heterocycles. The molecule has 1 atom stereocenters. The second kappa shape index (κ2) is 5.34. The summed E-state index contributed by atoms with van der Waals surface area (Å²) >= 11 is 0. The van der Waals surface area contributed by atoms with Crippen LogP contribution in [0.3, 0.4) is 0 Å². The van der Waals surface area contributed by atoms with Gasteiger partial charge in [0.05, 0.1) is 11.8 Å². The Morgan fingerprint density at radius 3 is 2.52 bits per heavy atom. The van der Waals surface area contributed by atoms with E-state index in [9.17, 15) is 5.11 Å². The molecule has 0 fully saturated rings. The third kappa shape index (κ3) is 2.45. The Bertz CT molecular complexity index is 784. The molecule has 1 unspecified atom stereocenters. The van der Waals surface area contributed by atoms with Gasteiger partial charge in [-0.3, -0.25) is 4.68 Å². The van der Waals surface area contributed by atoms with Crippen molar-refractivity contribution in [2.75, 3.05) is 0 Å². The van der Waals surface area contributed by atoms with Gasteiger partial charge in [-0.25, -0.2) is 0 Å². The maximum absolute atomic E-state index is 10.7. The smallest absolute Gasteiger partial charge is 0.0837 e. The number of benzene rings is 2. The molecule has 21 heavy (non-hydrogen) atoms. The number of aryl methyl sites for hydroxylation is 2. The quantitative estimate of drug-likeness (QED) is 0.797. The molecule has 0 aliphatic carbocycles. The fourth-order valence-corrected chi connectivity index (χ4v) is 2.96. The molecule has 3 heteroatoms. The van der Waals surface area contributed by atoms with Crippen LogP contribution in [0.4, 0.5) is 0 Å². The van der Waals surface area contributed by atoms with Gasteiger partial charge in [0, 0.05) is 19.2 Å². The van der Waals surface area contributed by atoms with E-state index in [4.69, 9.17) is 0 Å². The normalized spacial score (nSPS) is 12.8. The summed E-state index contributed by atoms with van der Waals surface area (Å²) in [4.78, 5) is 0. The first kappa shape index (κ1) is 13.8. The maximum atomic E-state index is 10.7. The van der Waals surface area contributed by atoms with Crippen molar-refractivity contribution < 1.29 is 5.11 Å². The lowest BCUT2D eigenvalue weighted by atomic mass is 9.95. The van der Waals surface area contributed by atoms with Crippen molar-refractivity contribution in [3.05, 3.63) is 65.0 Å². The van der Waals surface area contributed by atoms with Gasteiger partial charge in [0.2, 0.25) is 0 Å². The third-order valence-electron chi connectivity index (χ3n) is 4.24. The third-order valence-corrected chi connectivity index (χ3v) is 4.24. The van der Waals surface area contributed by atoms with Crippen LogP contribution in [-0.4, -0.2) is 14.9 Å². The molecule has 1 heterocycles. The van der Waals surface area contributed by atoms with Crippen LogP contribution in [0.15, 0.2) is 42.5 Å². The molecular formula is C18H20N2O. The van der Waals surface area contributed by atoms with Crippen LogP contribution >= 0.6 is 0 Å². The molecule has 0 aliphatic heterocycles. The molecule has 0 amide bonds. The summed E-state index contributed by atoms with van der Waals surface area (Å²) in [5, 5.41) is 17.4. The zero-order chi connectivity index (χ0) is 15.0. The zero-order valence-electron chi connectivity index (χ0n) is 12.7. The first-order chi connectivity index (χ1) is 10.1. The predicted octanol–water partition coefficient (Wildman–Crippen LogP) is 3.47. The van der Waals surface area contributed by atoms with Crippen LogP contribution in [0, 0.1) is 13.8 Å². The van der Waals surface area contributed by atoms with Gasteiger partial charge >= 0.3 is 0 Å². The summed E-state index contributed by atoms with van der Waals surface area (Å²) in [5.74, 6) is 0. The molecule has 0 bridgehead atoms. The fraction of sp³-hybridized carbons (Fsp3) is 0.278. The van der Waals surface area contributed by atoms with E-state index in [0.29, 0.717) is 6.42 Å². The second-order valence-corrected chi connectivity index (χ2v) is 5.56. The topological polar surface area (TPSA) is 38.0 Å². The number of aliphatic hydroxyl groups is 1. The highest BCUT2D eigenvalue weighted by Gasteiger charge is 2.17. The van der Waals surface area contributed by atoms with Crippen LogP contribution < -0.4 is 0 Å². The van der Waals surface area contributed by atoms with E-state index >= 15 is 0 Å². The average Bonchev–Trinajstić information content (AvgIpc) is 2.73. The summed E-state index contributed by atoms with van der Waals surface area (Å²) in [7, 11) is 1.94. The average molecular weight is 280 g/mol. The highest BCUT2D eigenvalue weighted by atomic mass is 16.3. The van der Waals surface area contributed by atoms with Gasteiger partial charge in [-0.1, -0.05) is 42.5 Å². The van der Waals surface area contributed by atoms with Crippen LogP contribution in [-0.2, 0) is 13.5 Å². The zero-order valence-corrected chi connectivity index (χ0v) is 12.7. The molecule has 2 aromatic carbocycles. The Morgan fingerprint density at radius 2 is 1.81 bits per heavy atom. The first-order valence-corrected chi connectivity index (χ1v) is 7.22. The minimum Gasteiger partial charge on any atom is -0.388 e. The largest absolute Gasteiger partial charge is 0.388 e. The summed E-state index contributed by atoms with van der Waals surface area (Å²) in [6, 6.07) is 14.3. The Kier molecular flexibility index (Phi) is 3.52. The van der Waals surface area contributed by atoms with E-state index in [-0.39, 0.29) is 0 Å². The van der Waals surface area contributed by atoms with Crippen molar-refractivity contribution in [2.45, 2.75) is 26.4 Å². The van der Waals surface area contributed by atoms with E-state index in [2.05, 4.69) is 23.3 Å². The van der Waals surface area contributed by atoms with Crippen LogP contribution in [0.1, 0.15) is 28.6 Å². The van der Waals surface area contributed by atoms with Crippen LogP contribution in [0.25, 0.3) is 10.8 Å². The monoisotopic (exact) mass is 280 g/mol. The molecule has 0 saturated carbocycles. The number of nitrogens with zero attached hydrogens (tertiary/aromatic N) is 2. The lowest BCUT2D eigenvalue weighted by Gasteiger charge is -2.14. The van der Waals surface area contributed by atoms with Gasteiger partial charge in [0.25, 0.3) is 0 Å². The molecule has 3 nitrogen and oxygen atoms in total. The predicted molar refractivity (Wildman–Crippen MR) is 85.3 cm³/mol. The number of aliphatic hydroxyl groups excluding tert-OH is 1. The van der Waals surface area contributed by atoms with Crippen molar-refractivity contribution in [2.24, 2.45) is 7.05 Å². The molecular weight excluding hydrogens is 260 g/mol. The van der Waals surface area contributed by atoms with E-state index in [0.717, 1.165) is 33.3 Å². The Labute approximate surface area is 124 Å². The molecule has 3 aromatic rings. The van der Waals surface area contributed by atoms with Gasteiger partial charge in [-0.15, -0.1) is 0 Å². The summed E-state index contributed by atoms with van der Waals surface area (Å²) in [6.45, 7) is 4.04. The Balaban J connectivity index is 1.99. The molecule has 3 rings (SSSR count). The maximum Gasteiger partial charge on any atom is 0.0837 e. The fourth-order valence-electron chi connectivity index (χ4n) is 2.96. The van der Waals surface area contributed by atoms with E-state index in [1.165, 1.54) is 0 Å². The van der Waals surface area contributed by atoms with Gasteiger partial charge in [-0.2, -0.15) is 5.10 Å². The number of fused-ring (bicyclic) bond motifs is 1. The summed E-state index contributed by atoms with van der Waals surface area (Å²) in [6.07, 6.45) is 0.0807. The van der Waals surface area contributed by atoms with Gasteiger partial charge < -0.3 is 5.11 Å². The Hall–Kier alpha value is -2.13. The second-order valence-electron chi connectivity index (χ2n) is 5.56. The molecule has 0 aliphatic rings. The lowest BCUT2D eigenvalue weighted by molar-refractivity contribution is 0.179. The van der Waals surface area contributed by atoms with Crippen molar-refractivity contribution >= 4 is 10.8 Å². The number of hydrogen-bond acceptors (Lipinski definition) is 2. The molecule has 0 spiro atoms. The SMILES string of the molecule is Cc1nn(C)c(C)c1CC(O)c1cccc2ccccc12. The van der Waals surface area contributed by atoms with Gasteiger partial charge in [-0.05, 0) is 35.7 Å². The highest BCUT2D eigenvalue weighted by molar-refractivity contribution is 5.86. The highest BCUT2D eigenvalue weighted by Crippen LogP contribution is 2.28. The van der Waals surface area contributed by atoms with E-state index in [1.54, 1.807) is 0 Å². The minimum atomic E-state index is -0.516. The Morgan fingerprint density at radius 1 is 1.10 bits per heavy atom. The van der Waals surface area contributed by atoms with E-state index in [1.807, 2.05) is 49.8 Å². The standard InChI is InChI=1S/C18H20N2O/c1-12-17(13(2)20(3)19-12)11-18(21)16-10-6-8-14-7-4-5-9-15(14)16/h4-10,18,21H,11H2,1-3H3. The molecule has 108 valence electrons. The summed E-state index contributed by atoms with van der Waals surface area (Å²) in [5.41, 5.74) is 4.23. The minimum absolute atomic E-state index is 0.516. The van der Waals surface area contributed by atoms with Crippen molar-refractivity contribution in [1.29, 1.82) is 0 Å². The van der Waals surface area contributed by atoms with Crippen LogP contribution in [0.2, 0.25) is 0 Å². The van der Waals surface area contributed by atoms with E-state index < -0.39 is 6.10 Å². The van der Waals surface area contributed by atoms with Crippen molar-refractivity contribution in [3.8, 4) is 0 Å². The molecule has 0 saturated heterocycles. The van der Waals surface area contributed by atoms with Gasteiger partial charge in [0.15, 0.2) is 0 Å². The first-order valence-electron chi connectivity index (χ1n) is 7.22.